The van der Waals surface area contributed by atoms with Gasteiger partial charge in [-0.05, 0) is 53.8 Å². The van der Waals surface area contributed by atoms with E-state index in [1.54, 1.807) is 34.1 Å². The van der Waals surface area contributed by atoms with Gasteiger partial charge >= 0.3 is 5.97 Å². The monoisotopic (exact) mass is 409 g/mol. The van der Waals surface area contributed by atoms with Crippen LogP contribution in [0.4, 0.5) is 5.69 Å². The first-order valence-electron chi connectivity index (χ1n) is 8.94. The van der Waals surface area contributed by atoms with Crippen LogP contribution in [-0.2, 0) is 16.9 Å². The van der Waals surface area contributed by atoms with E-state index < -0.39 is 0 Å². The van der Waals surface area contributed by atoms with Gasteiger partial charge in [0.15, 0.2) is 0 Å². The molecule has 0 aliphatic carbocycles. The van der Waals surface area contributed by atoms with Crippen molar-refractivity contribution in [3.05, 3.63) is 81.5 Å². The number of amides is 1. The zero-order valence-electron chi connectivity index (χ0n) is 15.4. The number of anilines is 1. The molecule has 0 N–H and O–H groups in total. The van der Waals surface area contributed by atoms with Gasteiger partial charge < -0.3 is 9.64 Å². The number of methoxy groups -OCH3 is 1. The van der Waals surface area contributed by atoms with Crippen LogP contribution in [0, 0.1) is 0 Å². The quantitative estimate of drug-likeness (QED) is 0.438. The molecule has 1 aliphatic rings. The Morgan fingerprint density at radius 3 is 2.79 bits per heavy atom. The van der Waals surface area contributed by atoms with Crippen molar-refractivity contribution in [2.75, 3.05) is 18.6 Å². The molecule has 1 aromatic heterocycles. The molecule has 3 aromatic rings. The third-order valence-corrected chi connectivity index (χ3v) is 6.89. The molecule has 2 heterocycles. The Bertz CT molecular complexity index is 1010. The smallest absolute Gasteiger partial charge is 0.337 e. The summed E-state index contributed by atoms with van der Waals surface area (Å²) in [5.41, 5.74) is 3.10. The van der Waals surface area contributed by atoms with Crippen LogP contribution in [0.3, 0.4) is 0 Å². The first kappa shape index (κ1) is 18.8. The van der Waals surface area contributed by atoms with Crippen LogP contribution in [0.15, 0.2) is 64.9 Å². The fourth-order valence-corrected chi connectivity index (χ4v) is 5.13. The molecule has 0 radical (unpaired) electrons. The standard InChI is InChI=1S/C22H19NO3S2/c1-26-22(25)16-8-9-19-15(13-16)10-11-23(19)21(24)18-6-2-3-7-20(18)28-14-17-5-4-12-27-17/h2-9,12-13H,10-11,14H2,1H3. The second-order valence-corrected chi connectivity index (χ2v) is 8.46. The predicted molar refractivity (Wildman–Crippen MR) is 113 cm³/mol. The Labute approximate surface area is 172 Å². The zero-order chi connectivity index (χ0) is 19.5. The van der Waals surface area contributed by atoms with E-state index in [9.17, 15) is 9.59 Å². The Hall–Kier alpha value is -2.57. The molecule has 0 unspecified atom stereocenters. The van der Waals surface area contributed by atoms with Gasteiger partial charge in [-0.25, -0.2) is 4.79 Å². The van der Waals surface area contributed by atoms with Crippen LogP contribution >= 0.6 is 23.1 Å². The van der Waals surface area contributed by atoms with Crippen LogP contribution < -0.4 is 4.90 Å². The molecular weight excluding hydrogens is 390 g/mol. The van der Waals surface area contributed by atoms with Crippen LogP contribution in [0.2, 0.25) is 0 Å². The maximum Gasteiger partial charge on any atom is 0.337 e. The molecule has 0 fully saturated rings. The van der Waals surface area contributed by atoms with Crippen molar-refractivity contribution in [3.63, 3.8) is 0 Å². The van der Waals surface area contributed by atoms with Crippen molar-refractivity contribution >= 4 is 40.7 Å². The molecule has 4 rings (SSSR count). The summed E-state index contributed by atoms with van der Waals surface area (Å²) in [7, 11) is 1.37. The van der Waals surface area contributed by atoms with Gasteiger partial charge in [-0.15, -0.1) is 23.1 Å². The number of hydrogen-bond acceptors (Lipinski definition) is 5. The van der Waals surface area contributed by atoms with Gasteiger partial charge in [0.2, 0.25) is 0 Å². The normalized spacial score (nSPS) is 12.7. The number of ether oxygens (including phenoxy) is 1. The molecular formula is C22H19NO3S2. The van der Waals surface area contributed by atoms with E-state index >= 15 is 0 Å². The van der Waals surface area contributed by atoms with Crippen molar-refractivity contribution in [1.82, 2.24) is 0 Å². The second kappa shape index (κ2) is 8.20. The minimum atomic E-state index is -0.358. The number of nitrogens with zero attached hydrogens (tertiary/aromatic N) is 1. The first-order chi connectivity index (χ1) is 13.7. The van der Waals surface area contributed by atoms with E-state index in [0.717, 1.165) is 28.3 Å². The molecule has 6 heteroatoms. The third-order valence-electron chi connectivity index (χ3n) is 4.71. The van der Waals surface area contributed by atoms with Crippen molar-refractivity contribution in [2.45, 2.75) is 17.1 Å². The lowest BCUT2D eigenvalue weighted by Gasteiger charge is -2.19. The predicted octanol–water partition coefficient (Wildman–Crippen LogP) is 5.03. The van der Waals surface area contributed by atoms with Crippen molar-refractivity contribution < 1.29 is 14.3 Å². The maximum atomic E-state index is 13.3. The molecule has 0 saturated carbocycles. The summed E-state index contributed by atoms with van der Waals surface area (Å²) in [4.78, 5) is 29.1. The number of carbonyl (C=O) groups excluding carboxylic acids is 2. The van der Waals surface area contributed by atoms with E-state index in [2.05, 4.69) is 11.4 Å². The highest BCUT2D eigenvalue weighted by molar-refractivity contribution is 7.98. The minimum absolute atomic E-state index is 0.00107. The molecule has 0 atom stereocenters. The number of rotatable bonds is 5. The van der Waals surface area contributed by atoms with Crippen LogP contribution in [0.5, 0.6) is 0 Å². The summed E-state index contributed by atoms with van der Waals surface area (Å²) in [6.07, 6.45) is 0.733. The van der Waals surface area contributed by atoms with Gasteiger partial charge in [0.25, 0.3) is 5.91 Å². The lowest BCUT2D eigenvalue weighted by Crippen LogP contribution is -2.29. The highest BCUT2D eigenvalue weighted by Gasteiger charge is 2.27. The number of thiophene rings is 1. The fraction of sp³-hybridized carbons (Fsp3) is 0.182. The van der Waals surface area contributed by atoms with Gasteiger partial charge in [0.05, 0.1) is 18.2 Å². The summed E-state index contributed by atoms with van der Waals surface area (Å²) >= 11 is 3.41. The number of fused-ring (bicyclic) bond motifs is 1. The van der Waals surface area contributed by atoms with Crippen molar-refractivity contribution in [3.8, 4) is 0 Å². The largest absolute Gasteiger partial charge is 0.465 e. The molecule has 4 nitrogen and oxygen atoms in total. The number of esters is 1. The number of carbonyl (C=O) groups is 2. The molecule has 142 valence electrons. The lowest BCUT2D eigenvalue weighted by molar-refractivity contribution is 0.0600. The van der Waals surface area contributed by atoms with E-state index in [1.165, 1.54) is 12.0 Å². The molecule has 28 heavy (non-hydrogen) atoms. The Kier molecular flexibility index (Phi) is 5.50. The maximum absolute atomic E-state index is 13.3. The molecule has 0 saturated heterocycles. The highest BCUT2D eigenvalue weighted by Crippen LogP contribution is 2.33. The van der Waals surface area contributed by atoms with Crippen LogP contribution in [0.1, 0.15) is 31.2 Å². The second-order valence-electron chi connectivity index (χ2n) is 6.41. The van der Waals surface area contributed by atoms with Gasteiger partial charge in [0.1, 0.15) is 0 Å². The van der Waals surface area contributed by atoms with E-state index in [4.69, 9.17) is 4.74 Å². The summed E-state index contributed by atoms with van der Waals surface area (Å²) in [5, 5.41) is 2.07. The first-order valence-corrected chi connectivity index (χ1v) is 10.8. The van der Waals surface area contributed by atoms with Gasteiger partial charge in [-0.2, -0.15) is 0 Å². The molecule has 0 spiro atoms. The van der Waals surface area contributed by atoms with Gasteiger partial charge in [-0.1, -0.05) is 18.2 Å². The number of thioether (sulfide) groups is 1. The minimum Gasteiger partial charge on any atom is -0.465 e. The average molecular weight is 410 g/mol. The molecule has 1 aliphatic heterocycles. The summed E-state index contributed by atoms with van der Waals surface area (Å²) in [5.74, 6) is 0.489. The summed E-state index contributed by atoms with van der Waals surface area (Å²) in [6, 6.07) is 17.3. The van der Waals surface area contributed by atoms with Gasteiger partial charge in [-0.3, -0.25) is 4.79 Å². The lowest BCUT2D eigenvalue weighted by atomic mass is 10.1. The Morgan fingerprint density at radius 2 is 2.00 bits per heavy atom. The molecule has 2 aromatic carbocycles. The van der Waals surface area contributed by atoms with Crippen molar-refractivity contribution in [2.24, 2.45) is 0 Å². The third kappa shape index (κ3) is 3.70. The number of hydrogen-bond donors (Lipinski definition) is 0. The van der Waals surface area contributed by atoms with E-state index in [0.29, 0.717) is 17.7 Å². The topological polar surface area (TPSA) is 46.6 Å². The Balaban J connectivity index is 1.57. The number of benzene rings is 2. The SMILES string of the molecule is COC(=O)c1ccc2c(c1)CCN2C(=O)c1ccccc1SCc1cccs1. The van der Waals surface area contributed by atoms with Crippen LogP contribution in [-0.4, -0.2) is 25.5 Å². The van der Waals surface area contributed by atoms with E-state index in [-0.39, 0.29) is 11.9 Å². The zero-order valence-corrected chi connectivity index (χ0v) is 17.0. The fourth-order valence-electron chi connectivity index (χ4n) is 3.32. The summed E-state index contributed by atoms with van der Waals surface area (Å²) in [6.45, 7) is 0.614. The Morgan fingerprint density at radius 1 is 1.14 bits per heavy atom. The molecule has 0 bridgehead atoms. The van der Waals surface area contributed by atoms with Crippen molar-refractivity contribution in [1.29, 1.82) is 0 Å². The van der Waals surface area contributed by atoms with E-state index in [1.807, 2.05) is 42.5 Å². The highest BCUT2D eigenvalue weighted by atomic mass is 32.2. The average Bonchev–Trinajstić information content (AvgIpc) is 3.40. The summed E-state index contributed by atoms with van der Waals surface area (Å²) < 4.78 is 4.79. The van der Waals surface area contributed by atoms with Crippen LogP contribution in [0.25, 0.3) is 0 Å². The molecule has 1 amide bonds. The van der Waals surface area contributed by atoms with Gasteiger partial charge in [0, 0.05) is 27.8 Å².